The minimum Gasteiger partial charge on any atom is -0.324 e. The molecule has 15 heavy (non-hydrogen) atoms. The van der Waals surface area contributed by atoms with E-state index in [-0.39, 0.29) is 0 Å². The van der Waals surface area contributed by atoms with Crippen molar-refractivity contribution in [3.8, 4) is 0 Å². The fourth-order valence-corrected chi connectivity index (χ4v) is 1.50. The second kappa shape index (κ2) is 4.23. The van der Waals surface area contributed by atoms with Gasteiger partial charge in [-0.3, -0.25) is 0 Å². The lowest BCUT2D eigenvalue weighted by Crippen LogP contribution is -2.03. The molecule has 0 aliphatic carbocycles. The van der Waals surface area contributed by atoms with Crippen molar-refractivity contribution < 1.29 is 0 Å². The summed E-state index contributed by atoms with van der Waals surface area (Å²) in [6.45, 7) is 3.21. The predicted octanol–water partition coefficient (Wildman–Crippen LogP) is 1.09. The molecular formula is C11H14N4. The Morgan fingerprint density at radius 2 is 2.27 bits per heavy atom. The summed E-state index contributed by atoms with van der Waals surface area (Å²) >= 11 is 0. The summed E-state index contributed by atoms with van der Waals surface area (Å²) in [5.41, 5.74) is 7.92. The molecule has 0 spiro atoms. The Labute approximate surface area is 88.8 Å². The molecule has 0 aliphatic rings. The number of nitrogens with two attached hydrogens (primary N) is 1. The Morgan fingerprint density at radius 3 is 2.93 bits per heavy atom. The van der Waals surface area contributed by atoms with Crippen LogP contribution in [0, 0.1) is 6.92 Å². The van der Waals surface area contributed by atoms with E-state index < -0.39 is 0 Å². The zero-order valence-corrected chi connectivity index (χ0v) is 8.72. The molecule has 0 radical (unpaired) electrons. The Morgan fingerprint density at radius 1 is 1.40 bits per heavy atom. The Bertz CT molecular complexity index is 447. The monoisotopic (exact) mass is 202 g/mol. The minimum atomic E-state index is 0.390. The summed E-state index contributed by atoms with van der Waals surface area (Å²) in [4.78, 5) is 4.08. The lowest BCUT2D eigenvalue weighted by molar-refractivity contribution is 0.671. The van der Waals surface area contributed by atoms with Crippen LogP contribution in [0.3, 0.4) is 0 Å². The van der Waals surface area contributed by atoms with E-state index in [4.69, 9.17) is 5.73 Å². The lowest BCUT2D eigenvalue weighted by Gasteiger charge is -2.01. The summed E-state index contributed by atoms with van der Waals surface area (Å²) in [7, 11) is 0. The van der Waals surface area contributed by atoms with Gasteiger partial charge in [0.1, 0.15) is 6.33 Å². The van der Waals surface area contributed by atoms with Crippen molar-refractivity contribution >= 4 is 0 Å². The zero-order chi connectivity index (χ0) is 10.7. The summed E-state index contributed by atoms with van der Waals surface area (Å²) in [5.74, 6) is 0.683. The largest absolute Gasteiger partial charge is 0.324 e. The van der Waals surface area contributed by atoms with Crippen LogP contribution < -0.4 is 5.73 Å². The van der Waals surface area contributed by atoms with Crippen LogP contribution in [0.15, 0.2) is 30.6 Å². The van der Waals surface area contributed by atoms with Crippen LogP contribution in [0.5, 0.6) is 0 Å². The Balaban J connectivity index is 2.14. The number of nitrogens with zero attached hydrogens (tertiary/aromatic N) is 3. The highest BCUT2D eigenvalue weighted by molar-refractivity contribution is 5.22. The van der Waals surface area contributed by atoms with E-state index in [0.717, 1.165) is 6.54 Å². The van der Waals surface area contributed by atoms with Crippen LogP contribution >= 0.6 is 0 Å². The zero-order valence-electron chi connectivity index (χ0n) is 8.72. The number of hydrogen-bond donors (Lipinski definition) is 1. The highest BCUT2D eigenvalue weighted by Gasteiger charge is 1.99. The number of aryl methyl sites for hydroxylation is 1. The summed E-state index contributed by atoms with van der Waals surface area (Å²) in [6, 6.07) is 8.35. The molecule has 0 aliphatic heterocycles. The predicted molar refractivity (Wildman–Crippen MR) is 58.2 cm³/mol. The second-order valence-corrected chi connectivity index (χ2v) is 3.55. The van der Waals surface area contributed by atoms with Gasteiger partial charge in [-0.1, -0.05) is 29.8 Å². The van der Waals surface area contributed by atoms with Gasteiger partial charge in [0.25, 0.3) is 0 Å². The maximum atomic E-state index is 5.44. The highest BCUT2D eigenvalue weighted by Crippen LogP contribution is 2.05. The van der Waals surface area contributed by atoms with Gasteiger partial charge >= 0.3 is 0 Å². The first-order valence-corrected chi connectivity index (χ1v) is 4.92. The van der Waals surface area contributed by atoms with Gasteiger partial charge in [0.15, 0.2) is 5.82 Å². The molecule has 0 saturated heterocycles. The van der Waals surface area contributed by atoms with E-state index in [2.05, 4.69) is 35.2 Å². The molecule has 1 aromatic heterocycles. The Hall–Kier alpha value is -1.68. The molecule has 78 valence electrons. The highest BCUT2D eigenvalue weighted by atomic mass is 15.3. The van der Waals surface area contributed by atoms with Crippen LogP contribution in [0.4, 0.5) is 0 Å². The number of hydrogen-bond acceptors (Lipinski definition) is 3. The molecule has 0 bridgehead atoms. The molecule has 1 aromatic carbocycles. The van der Waals surface area contributed by atoms with Crippen LogP contribution in [-0.2, 0) is 13.1 Å². The van der Waals surface area contributed by atoms with Crippen LogP contribution in [-0.4, -0.2) is 14.8 Å². The molecule has 0 fully saturated rings. The van der Waals surface area contributed by atoms with E-state index in [1.165, 1.54) is 11.1 Å². The van der Waals surface area contributed by atoms with Crippen LogP contribution in [0.1, 0.15) is 17.0 Å². The van der Waals surface area contributed by atoms with E-state index in [1.807, 2.05) is 6.07 Å². The van der Waals surface area contributed by atoms with Crippen LogP contribution in [0.25, 0.3) is 0 Å². The van der Waals surface area contributed by atoms with E-state index in [9.17, 15) is 0 Å². The average molecular weight is 202 g/mol. The van der Waals surface area contributed by atoms with Gasteiger partial charge in [-0.2, -0.15) is 5.10 Å². The van der Waals surface area contributed by atoms with Crippen molar-refractivity contribution in [3.05, 3.63) is 47.5 Å². The lowest BCUT2D eigenvalue weighted by atomic mass is 10.1. The topological polar surface area (TPSA) is 56.7 Å². The standard InChI is InChI=1S/C11H14N4/c1-9-3-2-4-10(5-9)7-15-8-13-11(6-12)14-15/h2-5,8H,6-7,12H2,1H3. The van der Waals surface area contributed by atoms with Crippen molar-refractivity contribution in [1.29, 1.82) is 0 Å². The van der Waals surface area contributed by atoms with Crippen molar-refractivity contribution in [2.24, 2.45) is 5.73 Å². The van der Waals surface area contributed by atoms with Gasteiger partial charge in [-0.15, -0.1) is 0 Å². The molecule has 0 amide bonds. The maximum absolute atomic E-state index is 5.44. The SMILES string of the molecule is Cc1cccc(Cn2cnc(CN)n2)c1. The second-order valence-electron chi connectivity index (χ2n) is 3.55. The van der Waals surface area contributed by atoms with Crippen molar-refractivity contribution in [3.63, 3.8) is 0 Å². The molecule has 0 unspecified atom stereocenters. The smallest absolute Gasteiger partial charge is 0.164 e. The maximum Gasteiger partial charge on any atom is 0.164 e. The molecule has 1 heterocycles. The third kappa shape index (κ3) is 2.41. The molecular weight excluding hydrogens is 188 g/mol. The van der Waals surface area contributed by atoms with Crippen molar-refractivity contribution in [2.75, 3.05) is 0 Å². The van der Waals surface area contributed by atoms with Crippen molar-refractivity contribution in [1.82, 2.24) is 14.8 Å². The summed E-state index contributed by atoms with van der Waals surface area (Å²) in [5, 5.41) is 4.23. The van der Waals surface area contributed by atoms with Gasteiger partial charge in [0.2, 0.25) is 0 Å². The first-order chi connectivity index (χ1) is 7.28. The number of aromatic nitrogens is 3. The number of benzene rings is 1. The Kier molecular flexibility index (Phi) is 2.78. The molecule has 2 N–H and O–H groups in total. The average Bonchev–Trinajstić information content (AvgIpc) is 2.65. The first kappa shape index (κ1) is 9.86. The van der Waals surface area contributed by atoms with Crippen molar-refractivity contribution in [2.45, 2.75) is 20.0 Å². The quantitative estimate of drug-likeness (QED) is 0.810. The molecule has 4 heteroatoms. The summed E-state index contributed by atoms with van der Waals surface area (Å²) in [6.07, 6.45) is 1.71. The van der Waals surface area contributed by atoms with E-state index in [0.29, 0.717) is 12.4 Å². The fraction of sp³-hybridized carbons (Fsp3) is 0.273. The van der Waals surface area contributed by atoms with Gasteiger partial charge < -0.3 is 5.73 Å². The van der Waals surface area contributed by atoms with Gasteiger partial charge in [0, 0.05) is 0 Å². The van der Waals surface area contributed by atoms with Gasteiger partial charge in [-0.25, -0.2) is 9.67 Å². The third-order valence-electron chi connectivity index (χ3n) is 2.19. The number of rotatable bonds is 3. The van der Waals surface area contributed by atoms with E-state index in [1.54, 1.807) is 11.0 Å². The molecule has 4 nitrogen and oxygen atoms in total. The summed E-state index contributed by atoms with van der Waals surface area (Å²) < 4.78 is 1.80. The molecule has 2 rings (SSSR count). The van der Waals surface area contributed by atoms with Crippen LogP contribution in [0.2, 0.25) is 0 Å². The van der Waals surface area contributed by atoms with E-state index >= 15 is 0 Å². The molecule has 2 aromatic rings. The first-order valence-electron chi connectivity index (χ1n) is 4.92. The minimum absolute atomic E-state index is 0.390. The molecule has 0 atom stereocenters. The van der Waals surface area contributed by atoms with Gasteiger partial charge in [0.05, 0.1) is 13.1 Å². The van der Waals surface area contributed by atoms with Gasteiger partial charge in [-0.05, 0) is 12.5 Å². The fourth-order valence-electron chi connectivity index (χ4n) is 1.50. The third-order valence-corrected chi connectivity index (χ3v) is 2.19. The molecule has 0 saturated carbocycles. The normalized spacial score (nSPS) is 10.5.